The molecule has 0 radical (unpaired) electrons. The molecule has 0 aliphatic carbocycles. The van der Waals surface area contributed by atoms with Crippen molar-refractivity contribution in [2.75, 3.05) is 26.4 Å². The lowest BCUT2D eigenvalue weighted by Gasteiger charge is -2.39. The van der Waals surface area contributed by atoms with Crippen molar-refractivity contribution >= 4 is 5.97 Å². The molecule has 0 spiro atoms. The monoisotopic (exact) mass is 628 g/mol. The Morgan fingerprint density at radius 3 is 1.91 bits per heavy atom. The number of rotatable bonds is 28. The molecule has 1 rings (SSSR count). The molecule has 0 aromatic carbocycles. The van der Waals surface area contributed by atoms with Gasteiger partial charge in [-0.25, -0.2) is 0 Å². The highest BCUT2D eigenvalue weighted by atomic mass is 16.7. The van der Waals surface area contributed by atoms with E-state index in [9.17, 15) is 25.2 Å². The summed E-state index contributed by atoms with van der Waals surface area (Å²) in [5.41, 5.74) is 0. The summed E-state index contributed by atoms with van der Waals surface area (Å²) in [6.45, 7) is 4.15. The molecule has 1 aliphatic heterocycles. The van der Waals surface area contributed by atoms with Crippen LogP contribution in [0.2, 0.25) is 0 Å². The van der Waals surface area contributed by atoms with Gasteiger partial charge in [0.1, 0.15) is 30.5 Å². The zero-order valence-corrected chi connectivity index (χ0v) is 27.7. The Balaban J connectivity index is 2.08. The lowest BCUT2D eigenvalue weighted by Crippen LogP contribution is -2.59. The van der Waals surface area contributed by atoms with Crippen molar-refractivity contribution in [1.29, 1.82) is 0 Å². The van der Waals surface area contributed by atoms with Gasteiger partial charge in [-0.15, -0.1) is 0 Å². The number of carbonyl (C=O) groups is 1. The van der Waals surface area contributed by atoms with Crippen molar-refractivity contribution in [3.63, 3.8) is 0 Å². The van der Waals surface area contributed by atoms with Crippen molar-refractivity contribution < 1.29 is 44.2 Å². The van der Waals surface area contributed by atoms with Crippen LogP contribution in [0.5, 0.6) is 0 Å². The Labute approximate surface area is 267 Å². The van der Waals surface area contributed by atoms with Crippen LogP contribution in [0.25, 0.3) is 0 Å². The molecular formula is C35H64O9. The van der Waals surface area contributed by atoms with Gasteiger partial charge < -0.3 is 39.4 Å². The van der Waals surface area contributed by atoms with E-state index in [1.165, 1.54) is 83.5 Å². The predicted molar refractivity (Wildman–Crippen MR) is 173 cm³/mol. The summed E-state index contributed by atoms with van der Waals surface area (Å²) in [5, 5.41) is 39.4. The molecule has 1 heterocycles. The lowest BCUT2D eigenvalue weighted by molar-refractivity contribution is -0.305. The van der Waals surface area contributed by atoms with Crippen LogP contribution in [0.3, 0.4) is 0 Å². The zero-order chi connectivity index (χ0) is 32.3. The standard InChI is InChI=1S/C35H64O9/c1-3-5-6-7-8-9-10-11-12-13-14-15-16-17-18-19-20-21-22-23-25-41-27-29(43-31(37)24-4-2)28-42-35-34(40)33(39)32(38)30(26-36)44-35/h8-9,11-12,29-30,32-36,38-40H,3-7,10,13-28H2,1-2H3/b9-8-,12-11-. The smallest absolute Gasteiger partial charge is 0.306 e. The molecule has 0 aromatic heterocycles. The van der Waals surface area contributed by atoms with Crippen LogP contribution >= 0.6 is 0 Å². The molecule has 1 saturated heterocycles. The third-order valence-corrected chi connectivity index (χ3v) is 7.84. The number of esters is 1. The molecule has 1 aliphatic rings. The van der Waals surface area contributed by atoms with Crippen LogP contribution in [-0.4, -0.2) is 89.6 Å². The summed E-state index contributed by atoms with van der Waals surface area (Å²) in [4.78, 5) is 12.1. The van der Waals surface area contributed by atoms with Gasteiger partial charge in [-0.3, -0.25) is 4.79 Å². The summed E-state index contributed by atoms with van der Waals surface area (Å²) < 4.78 is 22.2. The summed E-state index contributed by atoms with van der Waals surface area (Å²) in [6, 6.07) is 0. The first-order chi connectivity index (χ1) is 21.4. The van der Waals surface area contributed by atoms with Crippen molar-refractivity contribution in [2.45, 2.75) is 166 Å². The Bertz CT molecular complexity index is 727. The number of aliphatic hydroxyl groups is 4. The minimum Gasteiger partial charge on any atom is -0.457 e. The van der Waals surface area contributed by atoms with E-state index in [0.717, 1.165) is 19.3 Å². The van der Waals surface area contributed by atoms with E-state index in [1.807, 2.05) is 6.92 Å². The van der Waals surface area contributed by atoms with E-state index < -0.39 is 43.4 Å². The van der Waals surface area contributed by atoms with E-state index in [0.29, 0.717) is 13.0 Å². The molecule has 258 valence electrons. The first-order valence-corrected chi connectivity index (χ1v) is 17.4. The summed E-state index contributed by atoms with van der Waals surface area (Å²) >= 11 is 0. The maximum atomic E-state index is 12.1. The Kier molecular flexibility index (Phi) is 25.8. The fourth-order valence-corrected chi connectivity index (χ4v) is 5.09. The van der Waals surface area contributed by atoms with Crippen molar-refractivity contribution in [3.05, 3.63) is 24.3 Å². The molecule has 0 amide bonds. The Morgan fingerprint density at radius 2 is 1.32 bits per heavy atom. The van der Waals surface area contributed by atoms with Crippen molar-refractivity contribution in [1.82, 2.24) is 0 Å². The number of unbranched alkanes of at least 4 members (excludes halogenated alkanes) is 13. The number of hydrogen-bond acceptors (Lipinski definition) is 9. The predicted octanol–water partition coefficient (Wildman–Crippen LogP) is 5.91. The third kappa shape index (κ3) is 19.9. The molecule has 44 heavy (non-hydrogen) atoms. The minimum atomic E-state index is -1.53. The van der Waals surface area contributed by atoms with Gasteiger partial charge in [0.2, 0.25) is 0 Å². The Hall–Kier alpha value is -1.33. The average Bonchev–Trinajstić information content (AvgIpc) is 3.01. The van der Waals surface area contributed by atoms with E-state index in [4.69, 9.17) is 18.9 Å². The van der Waals surface area contributed by atoms with Crippen LogP contribution in [0.4, 0.5) is 0 Å². The minimum absolute atomic E-state index is 0.119. The zero-order valence-electron chi connectivity index (χ0n) is 27.7. The molecule has 6 atom stereocenters. The molecule has 0 bridgehead atoms. The van der Waals surface area contributed by atoms with E-state index in [2.05, 4.69) is 31.2 Å². The fraction of sp³-hybridized carbons (Fsp3) is 0.857. The van der Waals surface area contributed by atoms with E-state index in [1.54, 1.807) is 0 Å². The topological polar surface area (TPSA) is 135 Å². The highest BCUT2D eigenvalue weighted by Gasteiger charge is 2.44. The molecule has 9 heteroatoms. The number of hydrogen-bond donors (Lipinski definition) is 4. The van der Waals surface area contributed by atoms with Gasteiger partial charge in [0, 0.05) is 13.0 Å². The van der Waals surface area contributed by atoms with E-state index >= 15 is 0 Å². The highest BCUT2D eigenvalue weighted by Crippen LogP contribution is 2.22. The summed E-state index contributed by atoms with van der Waals surface area (Å²) in [6.07, 6.45) is 22.2. The van der Waals surface area contributed by atoms with Crippen LogP contribution in [0.15, 0.2) is 24.3 Å². The van der Waals surface area contributed by atoms with Crippen LogP contribution in [0.1, 0.15) is 129 Å². The van der Waals surface area contributed by atoms with Gasteiger partial charge in [0.25, 0.3) is 0 Å². The second kappa shape index (κ2) is 27.9. The first-order valence-electron chi connectivity index (χ1n) is 17.4. The molecule has 4 N–H and O–H groups in total. The summed E-state index contributed by atoms with van der Waals surface area (Å²) in [7, 11) is 0. The molecule has 6 unspecified atom stereocenters. The van der Waals surface area contributed by atoms with Gasteiger partial charge in [0.15, 0.2) is 6.29 Å². The maximum Gasteiger partial charge on any atom is 0.306 e. The largest absolute Gasteiger partial charge is 0.457 e. The SMILES string of the molecule is CCCCC/C=C\C/C=C\CCCCCCCCCCCCOCC(COC1OC(CO)C(O)C(O)C1O)OC(=O)CCC. The molecular weight excluding hydrogens is 564 g/mol. The number of aliphatic hydroxyl groups excluding tert-OH is 4. The second-order valence-electron chi connectivity index (χ2n) is 12.0. The number of allylic oxidation sites excluding steroid dienone is 4. The van der Waals surface area contributed by atoms with Crippen molar-refractivity contribution in [2.24, 2.45) is 0 Å². The fourth-order valence-electron chi connectivity index (χ4n) is 5.09. The van der Waals surface area contributed by atoms with Gasteiger partial charge >= 0.3 is 5.97 Å². The maximum absolute atomic E-state index is 12.1. The highest BCUT2D eigenvalue weighted by molar-refractivity contribution is 5.69. The third-order valence-electron chi connectivity index (χ3n) is 7.84. The van der Waals surface area contributed by atoms with Gasteiger partial charge in [0.05, 0.1) is 19.8 Å². The van der Waals surface area contributed by atoms with Crippen LogP contribution < -0.4 is 0 Å². The lowest BCUT2D eigenvalue weighted by atomic mass is 9.99. The van der Waals surface area contributed by atoms with Crippen LogP contribution in [0, 0.1) is 0 Å². The molecule has 1 fully saturated rings. The molecule has 0 aromatic rings. The van der Waals surface area contributed by atoms with E-state index in [-0.39, 0.29) is 25.6 Å². The first kappa shape index (κ1) is 40.7. The van der Waals surface area contributed by atoms with Crippen molar-refractivity contribution in [3.8, 4) is 0 Å². The summed E-state index contributed by atoms with van der Waals surface area (Å²) in [5.74, 6) is -0.369. The normalized spacial score (nSPS) is 23.1. The van der Waals surface area contributed by atoms with Gasteiger partial charge in [-0.05, 0) is 44.9 Å². The molecule has 0 saturated carbocycles. The quantitative estimate of drug-likeness (QED) is 0.0474. The average molecular weight is 629 g/mol. The van der Waals surface area contributed by atoms with Gasteiger partial charge in [-0.2, -0.15) is 0 Å². The number of carbonyl (C=O) groups excluding carboxylic acids is 1. The van der Waals surface area contributed by atoms with Crippen LogP contribution in [-0.2, 0) is 23.7 Å². The molecule has 9 nitrogen and oxygen atoms in total. The Morgan fingerprint density at radius 1 is 0.727 bits per heavy atom. The second-order valence-corrected chi connectivity index (χ2v) is 12.0. The van der Waals surface area contributed by atoms with Gasteiger partial charge in [-0.1, -0.05) is 102 Å². The number of ether oxygens (including phenoxy) is 4.